The first-order valence-electron chi connectivity index (χ1n) is 7.56. The van der Waals surface area contributed by atoms with Gasteiger partial charge in [0.2, 0.25) is 0 Å². The Morgan fingerprint density at radius 1 is 1.41 bits per heavy atom. The van der Waals surface area contributed by atoms with Crippen molar-refractivity contribution in [2.45, 2.75) is 38.6 Å². The van der Waals surface area contributed by atoms with Gasteiger partial charge in [0.1, 0.15) is 0 Å². The van der Waals surface area contributed by atoms with Crippen LogP contribution in [-0.2, 0) is 0 Å². The van der Waals surface area contributed by atoms with E-state index in [2.05, 4.69) is 22.8 Å². The van der Waals surface area contributed by atoms with Gasteiger partial charge in [-0.2, -0.15) is 5.10 Å². The van der Waals surface area contributed by atoms with Gasteiger partial charge in [0.05, 0.1) is 13.3 Å². The fourth-order valence-corrected chi connectivity index (χ4v) is 2.89. The topological polar surface area (TPSA) is 65.9 Å². The number of methoxy groups -OCH3 is 1. The van der Waals surface area contributed by atoms with Crippen LogP contribution in [0.25, 0.3) is 0 Å². The van der Waals surface area contributed by atoms with Gasteiger partial charge < -0.3 is 15.2 Å². The Bertz CT molecular complexity index is 548. The number of thiocarbonyl (C=S) groups is 1. The Balaban J connectivity index is 1.83. The van der Waals surface area contributed by atoms with Gasteiger partial charge in [0, 0.05) is 6.04 Å². The van der Waals surface area contributed by atoms with E-state index in [0.29, 0.717) is 22.8 Å². The number of hydrogen-bond acceptors (Lipinski definition) is 4. The van der Waals surface area contributed by atoms with Crippen LogP contribution in [0.4, 0.5) is 0 Å². The molecule has 1 aromatic rings. The van der Waals surface area contributed by atoms with Gasteiger partial charge in [-0.05, 0) is 54.7 Å². The van der Waals surface area contributed by atoms with E-state index >= 15 is 0 Å². The molecule has 0 unspecified atom stereocenters. The average molecular weight is 321 g/mol. The number of rotatable bonds is 4. The molecule has 22 heavy (non-hydrogen) atoms. The van der Waals surface area contributed by atoms with Gasteiger partial charge in [-0.15, -0.1) is 0 Å². The maximum Gasteiger partial charge on any atom is 0.187 e. The van der Waals surface area contributed by atoms with Crippen molar-refractivity contribution in [2.75, 3.05) is 7.11 Å². The quantitative estimate of drug-likeness (QED) is 0.452. The molecule has 1 aliphatic rings. The third kappa shape index (κ3) is 4.59. The minimum absolute atomic E-state index is 0.0863. The van der Waals surface area contributed by atoms with Gasteiger partial charge >= 0.3 is 0 Å². The summed E-state index contributed by atoms with van der Waals surface area (Å²) < 4.78 is 5.00. The van der Waals surface area contributed by atoms with E-state index in [1.165, 1.54) is 26.4 Å². The Hall–Kier alpha value is -1.82. The van der Waals surface area contributed by atoms with Gasteiger partial charge in [-0.1, -0.05) is 19.8 Å². The fourth-order valence-electron chi connectivity index (χ4n) is 2.68. The van der Waals surface area contributed by atoms with E-state index in [1.54, 1.807) is 18.3 Å². The largest absolute Gasteiger partial charge is 0.504 e. The first-order chi connectivity index (χ1) is 10.6. The SMILES string of the molecule is COc1ccc(/C=N\NC(=S)N[C@@H]2CCCC[C@H]2C)cc1O. The number of aromatic hydroxyl groups is 1. The highest BCUT2D eigenvalue weighted by Gasteiger charge is 2.21. The Kier molecular flexibility index (Phi) is 6.00. The van der Waals surface area contributed by atoms with Crippen molar-refractivity contribution in [3.05, 3.63) is 23.8 Å². The van der Waals surface area contributed by atoms with Crippen LogP contribution in [0.15, 0.2) is 23.3 Å². The number of phenolic OH excluding ortho intramolecular Hbond substituents is 1. The summed E-state index contributed by atoms with van der Waals surface area (Å²) in [5, 5.41) is 17.7. The Morgan fingerprint density at radius 2 is 2.18 bits per heavy atom. The zero-order valence-corrected chi connectivity index (χ0v) is 13.8. The van der Waals surface area contributed by atoms with Crippen LogP contribution in [0.3, 0.4) is 0 Å². The molecule has 0 heterocycles. The maximum absolute atomic E-state index is 9.70. The second-order valence-electron chi connectivity index (χ2n) is 5.64. The van der Waals surface area contributed by atoms with E-state index in [1.807, 2.05) is 6.07 Å². The maximum atomic E-state index is 9.70. The second kappa shape index (κ2) is 7.98. The molecule has 0 spiro atoms. The van der Waals surface area contributed by atoms with Crippen molar-refractivity contribution in [3.63, 3.8) is 0 Å². The number of nitrogens with zero attached hydrogens (tertiary/aromatic N) is 1. The van der Waals surface area contributed by atoms with E-state index in [-0.39, 0.29) is 5.75 Å². The summed E-state index contributed by atoms with van der Waals surface area (Å²) in [6.07, 6.45) is 6.56. The first-order valence-corrected chi connectivity index (χ1v) is 7.97. The van der Waals surface area contributed by atoms with Crippen LogP contribution in [0, 0.1) is 5.92 Å². The Morgan fingerprint density at radius 3 is 2.86 bits per heavy atom. The van der Waals surface area contributed by atoms with Gasteiger partial charge in [0.25, 0.3) is 0 Å². The molecule has 1 aliphatic carbocycles. The summed E-state index contributed by atoms with van der Waals surface area (Å²) in [5.41, 5.74) is 3.59. The Labute approximate surface area is 136 Å². The summed E-state index contributed by atoms with van der Waals surface area (Å²) in [4.78, 5) is 0. The number of ether oxygens (including phenoxy) is 1. The van der Waals surface area contributed by atoms with Gasteiger partial charge in [-0.3, -0.25) is 5.43 Å². The normalized spacial score (nSPS) is 21.5. The molecule has 3 N–H and O–H groups in total. The molecular weight excluding hydrogens is 298 g/mol. The van der Waals surface area contributed by atoms with E-state index in [9.17, 15) is 5.11 Å². The summed E-state index contributed by atoms with van der Waals surface area (Å²) in [5.74, 6) is 1.16. The summed E-state index contributed by atoms with van der Waals surface area (Å²) in [6, 6.07) is 5.51. The molecule has 0 radical (unpaired) electrons. The molecule has 0 aliphatic heterocycles. The molecule has 2 rings (SSSR count). The van der Waals surface area contributed by atoms with Crippen molar-refractivity contribution in [3.8, 4) is 11.5 Å². The van der Waals surface area contributed by atoms with Crippen molar-refractivity contribution >= 4 is 23.5 Å². The molecule has 1 aromatic carbocycles. The van der Waals surface area contributed by atoms with Crippen LogP contribution >= 0.6 is 12.2 Å². The molecule has 6 heteroatoms. The van der Waals surface area contributed by atoms with Crippen molar-refractivity contribution in [1.82, 2.24) is 10.7 Å². The number of phenols is 1. The smallest absolute Gasteiger partial charge is 0.187 e. The summed E-state index contributed by atoms with van der Waals surface area (Å²) >= 11 is 5.26. The monoisotopic (exact) mass is 321 g/mol. The number of hydrazone groups is 1. The van der Waals surface area contributed by atoms with Crippen LogP contribution < -0.4 is 15.5 Å². The number of hydrogen-bond donors (Lipinski definition) is 3. The molecular formula is C16H23N3O2S. The predicted octanol–water partition coefficient (Wildman–Crippen LogP) is 2.78. The minimum atomic E-state index is 0.0863. The van der Waals surface area contributed by atoms with Crippen molar-refractivity contribution in [1.29, 1.82) is 0 Å². The van der Waals surface area contributed by atoms with Crippen molar-refractivity contribution in [2.24, 2.45) is 11.0 Å². The molecule has 0 amide bonds. The third-order valence-electron chi connectivity index (χ3n) is 4.01. The molecule has 2 atom stereocenters. The third-order valence-corrected chi connectivity index (χ3v) is 4.22. The van der Waals surface area contributed by atoms with Crippen LogP contribution in [0.5, 0.6) is 11.5 Å². The minimum Gasteiger partial charge on any atom is -0.504 e. The zero-order chi connectivity index (χ0) is 15.9. The highest BCUT2D eigenvalue weighted by molar-refractivity contribution is 7.80. The summed E-state index contributed by atoms with van der Waals surface area (Å²) in [7, 11) is 1.51. The standard InChI is InChI=1S/C16H23N3O2S/c1-11-5-3-4-6-13(11)18-16(22)19-17-10-12-7-8-15(21-2)14(20)9-12/h7-11,13,20H,3-6H2,1-2H3,(H2,18,19,22)/b17-10-/t11-,13-/m1/s1. The van der Waals surface area contributed by atoms with Crippen LogP contribution in [-0.4, -0.2) is 29.6 Å². The fraction of sp³-hybridized carbons (Fsp3) is 0.500. The molecule has 1 fully saturated rings. The van der Waals surface area contributed by atoms with E-state index in [0.717, 1.165) is 12.0 Å². The molecule has 5 nitrogen and oxygen atoms in total. The molecule has 1 saturated carbocycles. The highest BCUT2D eigenvalue weighted by atomic mass is 32.1. The molecule has 120 valence electrons. The van der Waals surface area contributed by atoms with Gasteiger partial charge in [-0.25, -0.2) is 0 Å². The first kappa shape index (κ1) is 16.5. The molecule has 0 aromatic heterocycles. The van der Waals surface area contributed by atoms with Crippen LogP contribution in [0.2, 0.25) is 0 Å². The highest BCUT2D eigenvalue weighted by Crippen LogP contribution is 2.25. The molecule has 0 saturated heterocycles. The van der Waals surface area contributed by atoms with E-state index in [4.69, 9.17) is 17.0 Å². The lowest BCUT2D eigenvalue weighted by Gasteiger charge is -2.30. The number of nitrogens with one attached hydrogen (secondary N) is 2. The summed E-state index contributed by atoms with van der Waals surface area (Å²) in [6.45, 7) is 2.25. The lowest BCUT2D eigenvalue weighted by molar-refractivity contribution is 0.308. The van der Waals surface area contributed by atoms with Gasteiger partial charge in [0.15, 0.2) is 16.6 Å². The van der Waals surface area contributed by atoms with E-state index < -0.39 is 0 Å². The van der Waals surface area contributed by atoms with Crippen molar-refractivity contribution < 1.29 is 9.84 Å². The predicted molar refractivity (Wildman–Crippen MR) is 92.5 cm³/mol. The number of benzene rings is 1. The zero-order valence-electron chi connectivity index (χ0n) is 13.0. The average Bonchev–Trinajstić information content (AvgIpc) is 2.50. The lowest BCUT2D eigenvalue weighted by Crippen LogP contribution is -2.44. The van der Waals surface area contributed by atoms with Crippen LogP contribution in [0.1, 0.15) is 38.2 Å². The lowest BCUT2D eigenvalue weighted by atomic mass is 9.86. The second-order valence-corrected chi connectivity index (χ2v) is 6.05. The molecule has 0 bridgehead atoms.